The van der Waals surface area contributed by atoms with Crippen LogP contribution < -0.4 is 5.73 Å². The van der Waals surface area contributed by atoms with Crippen molar-refractivity contribution < 1.29 is 21.6 Å². The van der Waals surface area contributed by atoms with Crippen LogP contribution in [0, 0.1) is 5.92 Å². The normalized spacial score (nSPS) is 34.9. The molecule has 18 heavy (non-hydrogen) atoms. The predicted molar refractivity (Wildman–Crippen MR) is 60.8 cm³/mol. The average Bonchev–Trinajstić information content (AvgIpc) is 2.51. The van der Waals surface area contributed by atoms with Gasteiger partial charge in [-0.05, 0) is 25.9 Å². The van der Waals surface area contributed by atoms with Crippen molar-refractivity contribution in [1.29, 1.82) is 0 Å². The van der Waals surface area contributed by atoms with E-state index in [2.05, 4.69) is 0 Å². The van der Waals surface area contributed by atoms with Gasteiger partial charge >= 0.3 is 6.18 Å². The van der Waals surface area contributed by atoms with Gasteiger partial charge in [0.05, 0.1) is 17.4 Å². The first-order valence-corrected chi connectivity index (χ1v) is 7.78. The largest absolute Gasteiger partial charge is 0.391 e. The van der Waals surface area contributed by atoms with Gasteiger partial charge in [-0.3, -0.25) is 4.90 Å². The average molecular weight is 286 g/mol. The fourth-order valence-corrected chi connectivity index (χ4v) is 4.71. The zero-order valence-corrected chi connectivity index (χ0v) is 10.7. The van der Waals surface area contributed by atoms with Crippen LogP contribution in [-0.4, -0.2) is 56.2 Å². The number of rotatable bonds is 1. The standard InChI is InChI=1S/C10H17F3N2O2S/c11-10(12,13)7-1-3-15(4-2-7)9-6-18(16,17)5-8(9)14/h7-9H,1-6,14H2. The van der Waals surface area contributed by atoms with Gasteiger partial charge in [0.15, 0.2) is 9.84 Å². The Hall–Kier alpha value is -0.340. The van der Waals surface area contributed by atoms with Crippen LogP contribution in [0.5, 0.6) is 0 Å². The highest BCUT2D eigenvalue weighted by Gasteiger charge is 2.45. The summed E-state index contributed by atoms with van der Waals surface area (Å²) in [5.41, 5.74) is 5.76. The first kappa shape index (κ1) is 14.1. The van der Waals surface area contributed by atoms with E-state index < -0.39 is 28.0 Å². The molecule has 0 aromatic heterocycles. The minimum Gasteiger partial charge on any atom is -0.325 e. The molecule has 2 unspecified atom stereocenters. The molecule has 0 radical (unpaired) electrons. The first-order valence-electron chi connectivity index (χ1n) is 5.96. The molecule has 8 heteroatoms. The molecule has 2 N–H and O–H groups in total. The minimum absolute atomic E-state index is 0.0230. The van der Waals surface area contributed by atoms with E-state index in [0.717, 1.165) is 0 Å². The van der Waals surface area contributed by atoms with Crippen molar-refractivity contribution in [3.05, 3.63) is 0 Å². The second kappa shape index (κ2) is 4.64. The van der Waals surface area contributed by atoms with E-state index in [4.69, 9.17) is 5.73 Å². The quantitative estimate of drug-likeness (QED) is 0.757. The lowest BCUT2D eigenvalue weighted by molar-refractivity contribution is -0.186. The minimum atomic E-state index is -4.14. The molecule has 0 aromatic carbocycles. The molecule has 0 saturated carbocycles. The van der Waals surface area contributed by atoms with Crippen LogP contribution in [0.4, 0.5) is 13.2 Å². The smallest absolute Gasteiger partial charge is 0.325 e. The Morgan fingerprint density at radius 2 is 1.67 bits per heavy atom. The van der Waals surface area contributed by atoms with Crippen LogP contribution in [0.3, 0.4) is 0 Å². The summed E-state index contributed by atoms with van der Waals surface area (Å²) in [5, 5.41) is 0. The Morgan fingerprint density at radius 1 is 1.11 bits per heavy atom. The Balaban J connectivity index is 1.95. The predicted octanol–water partition coefficient (Wildman–Crippen LogP) is 0.385. The summed E-state index contributed by atoms with van der Waals surface area (Å²) in [6.45, 7) is 0.552. The number of hydrogen-bond acceptors (Lipinski definition) is 4. The lowest BCUT2D eigenvalue weighted by atomic mass is 9.94. The van der Waals surface area contributed by atoms with Gasteiger partial charge in [-0.25, -0.2) is 8.42 Å². The van der Waals surface area contributed by atoms with Gasteiger partial charge in [0.25, 0.3) is 0 Å². The fourth-order valence-electron chi connectivity index (χ4n) is 2.79. The second-order valence-electron chi connectivity index (χ2n) is 5.16. The SMILES string of the molecule is NC1CS(=O)(=O)CC1N1CCC(C(F)(F)F)CC1. The van der Waals surface area contributed by atoms with Crippen molar-refractivity contribution in [2.75, 3.05) is 24.6 Å². The third-order valence-corrected chi connectivity index (χ3v) is 5.57. The number of hydrogen-bond donors (Lipinski definition) is 1. The van der Waals surface area contributed by atoms with Crippen LogP contribution in [0.1, 0.15) is 12.8 Å². The summed E-state index contributed by atoms with van der Waals surface area (Å²) in [4.78, 5) is 1.80. The molecule has 2 atom stereocenters. The van der Waals surface area contributed by atoms with E-state index in [1.165, 1.54) is 0 Å². The zero-order valence-electron chi connectivity index (χ0n) is 9.86. The van der Waals surface area contributed by atoms with E-state index >= 15 is 0 Å². The maximum atomic E-state index is 12.5. The molecule has 106 valence electrons. The van der Waals surface area contributed by atoms with Crippen LogP contribution in [0.15, 0.2) is 0 Å². The van der Waals surface area contributed by atoms with Gasteiger partial charge in [0.1, 0.15) is 0 Å². The summed E-state index contributed by atoms with van der Waals surface area (Å²) in [7, 11) is -3.12. The number of sulfone groups is 1. The van der Waals surface area contributed by atoms with Crippen molar-refractivity contribution in [2.24, 2.45) is 11.7 Å². The van der Waals surface area contributed by atoms with Crippen LogP contribution in [-0.2, 0) is 9.84 Å². The highest BCUT2D eigenvalue weighted by molar-refractivity contribution is 7.91. The molecule has 2 aliphatic rings. The molecule has 0 aliphatic carbocycles. The Morgan fingerprint density at radius 3 is 2.06 bits per heavy atom. The van der Waals surface area contributed by atoms with Gasteiger partial charge in [-0.1, -0.05) is 0 Å². The maximum absolute atomic E-state index is 12.5. The van der Waals surface area contributed by atoms with Gasteiger partial charge in [0.2, 0.25) is 0 Å². The third-order valence-electron chi connectivity index (χ3n) is 3.83. The van der Waals surface area contributed by atoms with Crippen LogP contribution >= 0.6 is 0 Å². The Kier molecular flexibility index (Phi) is 3.63. The molecule has 2 heterocycles. The maximum Gasteiger partial charge on any atom is 0.391 e. The van der Waals surface area contributed by atoms with E-state index in [9.17, 15) is 21.6 Å². The van der Waals surface area contributed by atoms with Crippen molar-refractivity contribution >= 4 is 9.84 Å². The van der Waals surface area contributed by atoms with E-state index in [1.807, 2.05) is 0 Å². The highest BCUT2D eigenvalue weighted by Crippen LogP contribution is 2.35. The number of nitrogens with two attached hydrogens (primary N) is 1. The number of halogens is 3. The summed E-state index contributed by atoms with van der Waals surface area (Å²) in [6, 6.07) is -0.790. The fraction of sp³-hybridized carbons (Fsp3) is 1.00. The monoisotopic (exact) mass is 286 g/mol. The summed E-state index contributed by atoms with van der Waals surface area (Å²) < 4.78 is 60.4. The molecule has 2 fully saturated rings. The Labute approximate surface area is 104 Å². The number of nitrogens with zero attached hydrogens (tertiary/aromatic N) is 1. The lowest BCUT2D eigenvalue weighted by Gasteiger charge is -2.37. The molecule has 0 spiro atoms. The summed E-state index contributed by atoms with van der Waals surface area (Å²) in [5.74, 6) is -1.34. The molecule has 4 nitrogen and oxygen atoms in total. The molecule has 0 amide bonds. The van der Waals surface area contributed by atoms with Gasteiger partial charge in [0, 0.05) is 12.1 Å². The summed E-state index contributed by atoms with van der Waals surface area (Å²) in [6.07, 6.45) is -4.07. The topological polar surface area (TPSA) is 63.4 Å². The summed E-state index contributed by atoms with van der Waals surface area (Å²) >= 11 is 0. The number of piperidine rings is 1. The van der Waals surface area contributed by atoms with Crippen LogP contribution in [0.2, 0.25) is 0 Å². The number of likely N-dealkylation sites (tertiary alicyclic amines) is 1. The molecule has 2 aliphatic heterocycles. The highest BCUT2D eigenvalue weighted by atomic mass is 32.2. The van der Waals surface area contributed by atoms with E-state index in [-0.39, 0.29) is 43.5 Å². The van der Waals surface area contributed by atoms with Crippen molar-refractivity contribution in [2.45, 2.75) is 31.1 Å². The van der Waals surface area contributed by atoms with Crippen molar-refractivity contribution in [3.63, 3.8) is 0 Å². The molecule has 2 rings (SSSR count). The third kappa shape index (κ3) is 2.97. The second-order valence-corrected chi connectivity index (χ2v) is 7.31. The van der Waals surface area contributed by atoms with E-state index in [0.29, 0.717) is 0 Å². The lowest BCUT2D eigenvalue weighted by Crippen LogP contribution is -2.51. The molecular weight excluding hydrogens is 269 g/mol. The van der Waals surface area contributed by atoms with E-state index in [1.54, 1.807) is 4.90 Å². The Bertz CT molecular complexity index is 402. The first-order chi connectivity index (χ1) is 8.19. The van der Waals surface area contributed by atoms with Crippen LogP contribution in [0.25, 0.3) is 0 Å². The zero-order chi connectivity index (χ0) is 13.6. The van der Waals surface area contributed by atoms with Gasteiger partial charge < -0.3 is 5.73 Å². The molecule has 0 bridgehead atoms. The molecule has 2 saturated heterocycles. The van der Waals surface area contributed by atoms with Crippen molar-refractivity contribution in [1.82, 2.24) is 4.90 Å². The van der Waals surface area contributed by atoms with Gasteiger partial charge in [-0.2, -0.15) is 13.2 Å². The molecular formula is C10H17F3N2O2S. The van der Waals surface area contributed by atoms with Crippen molar-refractivity contribution in [3.8, 4) is 0 Å². The van der Waals surface area contributed by atoms with Gasteiger partial charge in [-0.15, -0.1) is 0 Å². The number of alkyl halides is 3. The molecule has 0 aromatic rings.